The Hall–Kier alpha value is -3.97. The van der Waals surface area contributed by atoms with Crippen LogP contribution in [0.3, 0.4) is 0 Å². The molecule has 13 nitrogen and oxygen atoms in total. The minimum absolute atomic E-state index is 0.0178. The maximum Gasteiger partial charge on any atom is 0.328 e. The number of aromatic amines is 1. The first kappa shape index (κ1) is 30.3. The summed E-state index contributed by atoms with van der Waals surface area (Å²) < 4.78 is 0. The third kappa shape index (κ3) is 8.02. The number of primary amides is 1. The van der Waals surface area contributed by atoms with Crippen LogP contribution in [0.5, 0.6) is 0 Å². The highest BCUT2D eigenvalue weighted by molar-refractivity contribution is 5.95. The number of carboxylic acid groups (broad SMARTS) is 1. The van der Waals surface area contributed by atoms with Crippen LogP contribution in [-0.4, -0.2) is 75.1 Å². The minimum atomic E-state index is -1.61. The van der Waals surface area contributed by atoms with Crippen LogP contribution in [0.2, 0.25) is 0 Å². The van der Waals surface area contributed by atoms with Gasteiger partial charge in [0.1, 0.15) is 12.1 Å². The summed E-state index contributed by atoms with van der Waals surface area (Å²) in [6.07, 6.45) is 0.321. The quantitative estimate of drug-likeness (QED) is 0.148. The monoisotopic (exact) mass is 532 g/mol. The van der Waals surface area contributed by atoms with Crippen molar-refractivity contribution in [1.82, 2.24) is 20.9 Å². The van der Waals surface area contributed by atoms with Gasteiger partial charge in [-0.1, -0.05) is 38.5 Å². The summed E-state index contributed by atoms with van der Waals surface area (Å²) in [7, 11) is 0. The predicted molar refractivity (Wildman–Crippen MR) is 138 cm³/mol. The van der Waals surface area contributed by atoms with Gasteiger partial charge in [-0.25, -0.2) is 4.79 Å². The number of aromatic nitrogens is 1. The van der Waals surface area contributed by atoms with E-state index in [0.29, 0.717) is 12.0 Å². The summed E-state index contributed by atoms with van der Waals surface area (Å²) in [5.74, 6) is -4.92. The van der Waals surface area contributed by atoms with Crippen molar-refractivity contribution in [3.63, 3.8) is 0 Å². The maximum absolute atomic E-state index is 13.4. The zero-order valence-electron chi connectivity index (χ0n) is 21.6. The number of aliphatic hydroxyl groups is 1. The summed E-state index contributed by atoms with van der Waals surface area (Å²) in [4.78, 5) is 64.9. The number of hydrogen-bond donors (Lipinski definition) is 8. The molecule has 0 spiro atoms. The molecule has 10 N–H and O–H groups in total. The molecule has 1 heterocycles. The fourth-order valence-electron chi connectivity index (χ4n) is 3.91. The van der Waals surface area contributed by atoms with Gasteiger partial charge >= 0.3 is 5.97 Å². The molecule has 4 amide bonds. The van der Waals surface area contributed by atoms with E-state index >= 15 is 0 Å². The van der Waals surface area contributed by atoms with Gasteiger partial charge in [-0.2, -0.15) is 0 Å². The highest BCUT2D eigenvalue weighted by Gasteiger charge is 2.34. The first-order chi connectivity index (χ1) is 17.8. The van der Waals surface area contributed by atoms with Crippen LogP contribution in [0, 0.1) is 5.92 Å². The molecule has 1 aromatic carbocycles. The fraction of sp³-hybridized carbons (Fsp3) is 0.480. The number of nitrogens with one attached hydrogen (secondary N) is 4. The number of carbonyl (C=O) groups is 5. The summed E-state index contributed by atoms with van der Waals surface area (Å²) >= 11 is 0. The molecule has 0 aliphatic rings. The van der Waals surface area contributed by atoms with Gasteiger partial charge < -0.3 is 42.6 Å². The SMILES string of the molecule is CCC(C)C(NC(=O)C(N)CC(N)=O)C(=O)NC(Cc1c[nH]c2ccccc12)C(=O)NC(C(=O)O)C(C)O. The topological polar surface area (TPSA) is 230 Å². The lowest BCUT2D eigenvalue weighted by Gasteiger charge is -2.28. The van der Waals surface area contributed by atoms with Gasteiger partial charge in [-0.15, -0.1) is 0 Å². The van der Waals surface area contributed by atoms with E-state index < -0.39 is 66.3 Å². The van der Waals surface area contributed by atoms with Crippen molar-refractivity contribution < 1.29 is 34.2 Å². The van der Waals surface area contributed by atoms with Gasteiger partial charge in [-0.3, -0.25) is 19.2 Å². The molecular weight excluding hydrogens is 496 g/mol. The van der Waals surface area contributed by atoms with Crippen molar-refractivity contribution in [3.8, 4) is 0 Å². The number of amides is 4. The van der Waals surface area contributed by atoms with Crippen molar-refractivity contribution in [1.29, 1.82) is 0 Å². The number of hydrogen-bond acceptors (Lipinski definition) is 7. The van der Waals surface area contributed by atoms with Gasteiger partial charge in [0.2, 0.25) is 23.6 Å². The highest BCUT2D eigenvalue weighted by atomic mass is 16.4. The summed E-state index contributed by atoms with van der Waals surface area (Å²) in [6, 6.07) is 2.06. The van der Waals surface area contributed by atoms with Gasteiger partial charge in [0, 0.05) is 23.5 Å². The Balaban J connectivity index is 2.34. The zero-order valence-corrected chi connectivity index (χ0v) is 21.6. The van der Waals surface area contributed by atoms with E-state index in [1.807, 2.05) is 24.3 Å². The van der Waals surface area contributed by atoms with E-state index in [-0.39, 0.29) is 12.3 Å². The summed E-state index contributed by atoms with van der Waals surface area (Å²) in [5, 5.41) is 27.4. The van der Waals surface area contributed by atoms with Crippen LogP contribution in [0.15, 0.2) is 30.5 Å². The minimum Gasteiger partial charge on any atom is -0.480 e. The van der Waals surface area contributed by atoms with Crippen molar-refractivity contribution in [2.24, 2.45) is 17.4 Å². The normalized spacial score (nSPS) is 15.9. The average Bonchev–Trinajstić information content (AvgIpc) is 3.26. The Labute approximate surface area is 219 Å². The van der Waals surface area contributed by atoms with E-state index in [9.17, 15) is 34.2 Å². The molecule has 38 heavy (non-hydrogen) atoms. The number of aliphatic carboxylic acids is 1. The van der Waals surface area contributed by atoms with E-state index in [0.717, 1.165) is 10.9 Å². The molecule has 0 aliphatic heterocycles. The van der Waals surface area contributed by atoms with Gasteiger partial charge in [0.25, 0.3) is 0 Å². The Morgan fingerprint density at radius 3 is 2.18 bits per heavy atom. The number of benzene rings is 1. The lowest BCUT2D eigenvalue weighted by molar-refractivity contribution is -0.145. The largest absolute Gasteiger partial charge is 0.480 e. The molecule has 0 saturated carbocycles. The molecule has 6 atom stereocenters. The lowest BCUT2D eigenvalue weighted by atomic mass is 9.96. The van der Waals surface area contributed by atoms with Gasteiger partial charge in [0.15, 0.2) is 6.04 Å². The van der Waals surface area contributed by atoms with Crippen molar-refractivity contribution in [2.75, 3.05) is 0 Å². The second-order valence-corrected chi connectivity index (χ2v) is 9.34. The van der Waals surface area contributed by atoms with E-state index in [1.165, 1.54) is 6.92 Å². The molecule has 0 radical (unpaired) electrons. The second kappa shape index (κ2) is 13.5. The number of para-hydroxylation sites is 1. The number of rotatable bonds is 14. The zero-order chi connectivity index (χ0) is 28.6. The standard InChI is InChI=1S/C25H36N6O7/c1-4-12(2)20(30-22(34)16(26)10-19(27)33)24(36)29-18(23(35)31-21(13(3)32)25(37)38)9-14-11-28-17-8-6-5-7-15(14)17/h5-8,11-13,16,18,20-21,28,32H,4,9-10,26H2,1-3H3,(H2,27,33)(H,29,36)(H,30,34)(H,31,35)(H,37,38). The first-order valence-electron chi connectivity index (χ1n) is 12.3. The summed E-state index contributed by atoms with van der Waals surface area (Å²) in [6.45, 7) is 4.74. The second-order valence-electron chi connectivity index (χ2n) is 9.34. The summed E-state index contributed by atoms with van der Waals surface area (Å²) in [5.41, 5.74) is 12.3. The van der Waals surface area contributed by atoms with Crippen LogP contribution in [-0.2, 0) is 30.4 Å². The third-order valence-corrected chi connectivity index (χ3v) is 6.33. The molecule has 2 rings (SSSR count). The van der Waals surface area contributed by atoms with Crippen LogP contribution in [0.1, 0.15) is 39.2 Å². The van der Waals surface area contributed by atoms with E-state index in [4.69, 9.17) is 11.5 Å². The highest BCUT2D eigenvalue weighted by Crippen LogP contribution is 2.20. The Morgan fingerprint density at radius 2 is 1.61 bits per heavy atom. The number of aliphatic hydroxyl groups excluding tert-OH is 1. The molecule has 0 bridgehead atoms. The van der Waals surface area contributed by atoms with Crippen molar-refractivity contribution in [3.05, 3.63) is 36.0 Å². The molecular formula is C25H36N6O7. The molecule has 0 aliphatic carbocycles. The van der Waals surface area contributed by atoms with Crippen molar-refractivity contribution >= 4 is 40.5 Å². The molecule has 1 aromatic heterocycles. The van der Waals surface area contributed by atoms with Crippen molar-refractivity contribution in [2.45, 2.75) is 70.3 Å². The van der Waals surface area contributed by atoms with Crippen LogP contribution >= 0.6 is 0 Å². The molecule has 0 saturated heterocycles. The third-order valence-electron chi connectivity index (χ3n) is 6.33. The molecule has 6 unspecified atom stereocenters. The maximum atomic E-state index is 13.4. The number of carbonyl (C=O) groups excluding carboxylic acids is 4. The number of carboxylic acids is 1. The lowest BCUT2D eigenvalue weighted by Crippen LogP contribution is -2.60. The fourth-order valence-corrected chi connectivity index (χ4v) is 3.91. The van der Waals surface area contributed by atoms with E-state index in [2.05, 4.69) is 20.9 Å². The number of H-pyrrole nitrogens is 1. The van der Waals surface area contributed by atoms with Crippen LogP contribution in [0.25, 0.3) is 10.9 Å². The van der Waals surface area contributed by atoms with Gasteiger partial charge in [-0.05, 0) is 24.5 Å². The Kier molecular flexibility index (Phi) is 10.8. The predicted octanol–water partition coefficient (Wildman–Crippen LogP) is -1.12. The Morgan fingerprint density at radius 1 is 0.974 bits per heavy atom. The number of fused-ring (bicyclic) bond motifs is 1. The van der Waals surface area contributed by atoms with Crippen LogP contribution in [0.4, 0.5) is 0 Å². The first-order valence-corrected chi connectivity index (χ1v) is 12.3. The average molecular weight is 533 g/mol. The molecule has 2 aromatic rings. The number of nitrogens with two attached hydrogens (primary N) is 2. The Bertz CT molecular complexity index is 1160. The van der Waals surface area contributed by atoms with Gasteiger partial charge in [0.05, 0.1) is 18.6 Å². The molecule has 0 fully saturated rings. The molecule has 208 valence electrons. The smallest absolute Gasteiger partial charge is 0.328 e. The molecule has 13 heteroatoms. The van der Waals surface area contributed by atoms with Crippen LogP contribution < -0.4 is 27.4 Å². The van der Waals surface area contributed by atoms with E-state index in [1.54, 1.807) is 20.0 Å².